The molecule has 0 bridgehead atoms. The first kappa shape index (κ1) is 16.2. The fraction of sp³-hybridized carbons (Fsp3) is 0.471. The maximum Gasteiger partial charge on any atom is 0.254 e. The molecule has 23 heavy (non-hydrogen) atoms. The van der Waals surface area contributed by atoms with Crippen LogP contribution in [0.3, 0.4) is 0 Å². The molecule has 1 atom stereocenters. The molecule has 1 aliphatic rings. The van der Waals surface area contributed by atoms with Crippen LogP contribution < -0.4 is 5.32 Å². The number of rotatable bonds is 5. The Balaban J connectivity index is 1.69. The highest BCUT2D eigenvalue weighted by Crippen LogP contribution is 2.24. The molecule has 3 heterocycles. The van der Waals surface area contributed by atoms with Crippen molar-refractivity contribution in [3.8, 4) is 0 Å². The lowest BCUT2D eigenvalue weighted by molar-refractivity contribution is 0.0933. The quantitative estimate of drug-likeness (QED) is 0.911. The van der Waals surface area contributed by atoms with E-state index in [0.717, 1.165) is 35.9 Å². The van der Waals surface area contributed by atoms with Gasteiger partial charge in [0, 0.05) is 36.7 Å². The van der Waals surface area contributed by atoms with Crippen molar-refractivity contribution >= 4 is 17.7 Å². The number of furan rings is 2. The first-order valence-electron chi connectivity index (χ1n) is 7.84. The van der Waals surface area contributed by atoms with Gasteiger partial charge < -0.3 is 14.2 Å². The molecule has 0 radical (unpaired) electrons. The van der Waals surface area contributed by atoms with Gasteiger partial charge >= 0.3 is 0 Å². The second kappa shape index (κ2) is 7.27. The van der Waals surface area contributed by atoms with Gasteiger partial charge in [0.15, 0.2) is 0 Å². The molecule has 1 amide bonds. The van der Waals surface area contributed by atoms with E-state index in [9.17, 15) is 4.79 Å². The molecule has 0 spiro atoms. The Labute approximate surface area is 140 Å². The summed E-state index contributed by atoms with van der Waals surface area (Å²) in [5.41, 5.74) is 1.72. The Morgan fingerprint density at radius 3 is 2.78 bits per heavy atom. The third-order valence-electron chi connectivity index (χ3n) is 4.16. The highest BCUT2D eigenvalue weighted by molar-refractivity contribution is 7.99. The molecule has 3 rings (SSSR count). The van der Waals surface area contributed by atoms with Crippen LogP contribution in [0.25, 0.3) is 0 Å². The Hall–Kier alpha value is -1.66. The molecule has 0 saturated carbocycles. The summed E-state index contributed by atoms with van der Waals surface area (Å²) in [7, 11) is 0. The van der Waals surface area contributed by atoms with E-state index < -0.39 is 0 Å². The van der Waals surface area contributed by atoms with Gasteiger partial charge in [0.2, 0.25) is 0 Å². The van der Waals surface area contributed by atoms with E-state index in [2.05, 4.69) is 10.2 Å². The second-order valence-electron chi connectivity index (χ2n) is 5.76. The first-order chi connectivity index (χ1) is 11.1. The topological polar surface area (TPSA) is 58.6 Å². The molecule has 1 N–H and O–H groups in total. The Morgan fingerprint density at radius 1 is 1.39 bits per heavy atom. The highest BCUT2D eigenvalue weighted by atomic mass is 32.2. The predicted octanol–water partition coefficient (Wildman–Crippen LogP) is 3.01. The third kappa shape index (κ3) is 3.82. The maximum atomic E-state index is 12.4. The van der Waals surface area contributed by atoms with Gasteiger partial charge in [-0.1, -0.05) is 0 Å². The fourth-order valence-electron chi connectivity index (χ4n) is 2.95. The number of thioether (sulfide) groups is 1. The Bertz CT molecular complexity index is 645. The second-order valence-corrected chi connectivity index (χ2v) is 6.98. The summed E-state index contributed by atoms with van der Waals surface area (Å²) in [4.78, 5) is 14.8. The number of hydrogen-bond donors (Lipinski definition) is 1. The van der Waals surface area contributed by atoms with Crippen LogP contribution in [-0.4, -0.2) is 41.9 Å². The van der Waals surface area contributed by atoms with E-state index in [-0.39, 0.29) is 11.9 Å². The zero-order chi connectivity index (χ0) is 16.2. The van der Waals surface area contributed by atoms with Gasteiger partial charge in [-0.2, -0.15) is 11.8 Å². The van der Waals surface area contributed by atoms with E-state index in [1.54, 1.807) is 18.6 Å². The van der Waals surface area contributed by atoms with Crippen molar-refractivity contribution in [1.82, 2.24) is 10.2 Å². The summed E-state index contributed by atoms with van der Waals surface area (Å²) in [5, 5.41) is 3.05. The van der Waals surface area contributed by atoms with Crippen LogP contribution in [0, 0.1) is 13.8 Å². The Kier molecular flexibility index (Phi) is 5.13. The van der Waals surface area contributed by atoms with Crippen molar-refractivity contribution in [2.45, 2.75) is 19.9 Å². The lowest BCUT2D eigenvalue weighted by Crippen LogP contribution is -2.42. The smallest absolute Gasteiger partial charge is 0.254 e. The van der Waals surface area contributed by atoms with Crippen LogP contribution in [0.15, 0.2) is 33.5 Å². The lowest BCUT2D eigenvalue weighted by atomic mass is 10.1. The number of amides is 1. The molecule has 5 nitrogen and oxygen atoms in total. The van der Waals surface area contributed by atoms with Crippen molar-refractivity contribution in [2.24, 2.45) is 0 Å². The van der Waals surface area contributed by atoms with Gasteiger partial charge in [0.1, 0.15) is 11.5 Å². The average Bonchev–Trinajstić information content (AvgIpc) is 3.18. The van der Waals surface area contributed by atoms with Crippen molar-refractivity contribution in [3.63, 3.8) is 0 Å². The average molecular weight is 334 g/mol. The molecule has 1 aliphatic heterocycles. The van der Waals surface area contributed by atoms with Gasteiger partial charge in [-0.3, -0.25) is 9.69 Å². The summed E-state index contributed by atoms with van der Waals surface area (Å²) >= 11 is 1.97. The minimum atomic E-state index is -0.0840. The summed E-state index contributed by atoms with van der Waals surface area (Å²) in [5.74, 6) is 3.59. The minimum Gasteiger partial charge on any atom is -0.472 e. The van der Waals surface area contributed by atoms with Crippen molar-refractivity contribution in [3.05, 3.63) is 47.3 Å². The predicted molar refractivity (Wildman–Crippen MR) is 90.9 cm³/mol. The number of carbonyl (C=O) groups excluding carboxylic acids is 1. The first-order valence-corrected chi connectivity index (χ1v) is 8.99. The molecule has 0 unspecified atom stereocenters. The van der Waals surface area contributed by atoms with Crippen molar-refractivity contribution < 1.29 is 13.6 Å². The van der Waals surface area contributed by atoms with Crippen molar-refractivity contribution in [1.29, 1.82) is 0 Å². The van der Waals surface area contributed by atoms with Gasteiger partial charge in [-0.15, -0.1) is 0 Å². The summed E-state index contributed by atoms with van der Waals surface area (Å²) in [6, 6.07) is 3.91. The van der Waals surface area contributed by atoms with Gasteiger partial charge in [0.25, 0.3) is 5.91 Å². The number of nitrogens with zero attached hydrogens (tertiary/aromatic N) is 1. The normalized spacial score (nSPS) is 17.1. The maximum absolute atomic E-state index is 12.4. The fourth-order valence-corrected chi connectivity index (χ4v) is 3.88. The largest absolute Gasteiger partial charge is 0.472 e. The molecular weight excluding hydrogens is 312 g/mol. The van der Waals surface area contributed by atoms with Crippen LogP contribution in [0.4, 0.5) is 0 Å². The van der Waals surface area contributed by atoms with Gasteiger partial charge in [-0.05, 0) is 26.0 Å². The van der Waals surface area contributed by atoms with Crippen molar-refractivity contribution in [2.75, 3.05) is 31.1 Å². The van der Waals surface area contributed by atoms with Crippen LogP contribution >= 0.6 is 11.8 Å². The number of carbonyl (C=O) groups is 1. The van der Waals surface area contributed by atoms with Gasteiger partial charge in [-0.25, -0.2) is 0 Å². The third-order valence-corrected chi connectivity index (χ3v) is 5.10. The number of hydrogen-bond acceptors (Lipinski definition) is 5. The van der Waals surface area contributed by atoms with Crippen LogP contribution in [0.2, 0.25) is 0 Å². The van der Waals surface area contributed by atoms with Crippen LogP contribution in [-0.2, 0) is 0 Å². The van der Waals surface area contributed by atoms with E-state index >= 15 is 0 Å². The molecular formula is C17H22N2O3S. The standard InChI is InChI=1S/C17H22N2O3S/c1-12-9-15(13(2)22-12)17(20)18-10-16(14-3-6-21-11-14)19-4-7-23-8-5-19/h3,6,9,11,16H,4-5,7-8,10H2,1-2H3,(H,18,20)/t16-/m1/s1. The number of aryl methyl sites for hydroxylation is 2. The van der Waals surface area contributed by atoms with E-state index in [0.29, 0.717) is 17.9 Å². The lowest BCUT2D eigenvalue weighted by Gasteiger charge is -2.33. The van der Waals surface area contributed by atoms with E-state index in [4.69, 9.17) is 8.83 Å². The Morgan fingerprint density at radius 2 is 2.17 bits per heavy atom. The molecule has 6 heteroatoms. The SMILES string of the molecule is Cc1cc(C(=O)NC[C@H](c2ccoc2)N2CCSCC2)c(C)o1. The molecule has 124 valence electrons. The molecule has 2 aromatic rings. The molecule has 1 saturated heterocycles. The minimum absolute atomic E-state index is 0.0840. The summed E-state index contributed by atoms with van der Waals surface area (Å²) in [6.07, 6.45) is 3.46. The molecule has 0 aliphatic carbocycles. The molecule has 1 fully saturated rings. The number of nitrogens with one attached hydrogen (secondary N) is 1. The van der Waals surface area contributed by atoms with E-state index in [1.807, 2.05) is 31.7 Å². The monoisotopic (exact) mass is 334 g/mol. The molecule has 2 aromatic heterocycles. The summed E-state index contributed by atoms with van der Waals surface area (Å²) < 4.78 is 10.7. The van der Waals surface area contributed by atoms with E-state index in [1.165, 1.54) is 0 Å². The molecule has 0 aromatic carbocycles. The zero-order valence-corrected chi connectivity index (χ0v) is 14.3. The van der Waals surface area contributed by atoms with Crippen LogP contribution in [0.1, 0.15) is 33.5 Å². The highest BCUT2D eigenvalue weighted by Gasteiger charge is 2.24. The van der Waals surface area contributed by atoms with Gasteiger partial charge in [0.05, 0.1) is 24.1 Å². The van der Waals surface area contributed by atoms with Crippen LogP contribution in [0.5, 0.6) is 0 Å². The summed E-state index contributed by atoms with van der Waals surface area (Å²) in [6.45, 7) is 6.29. The zero-order valence-electron chi connectivity index (χ0n) is 13.5.